The molecule has 210 valence electrons. The zero-order valence-corrected chi connectivity index (χ0v) is 25.6. The first-order chi connectivity index (χ1) is 18.1. The number of carbonyl (C=O) groups is 1. The summed E-state index contributed by atoms with van der Waals surface area (Å²) in [6.45, 7) is 21.4. The largest absolute Gasteiger partial charge is 0.507 e. The van der Waals surface area contributed by atoms with E-state index >= 15 is 0 Å². The second-order valence-corrected chi connectivity index (χ2v) is 13.4. The molecular weight excluding hydrogens is 480 g/mol. The van der Waals surface area contributed by atoms with E-state index in [-0.39, 0.29) is 16.9 Å². The van der Waals surface area contributed by atoms with Gasteiger partial charge in [-0.05, 0) is 75.0 Å². The van der Waals surface area contributed by atoms with Gasteiger partial charge in [0.15, 0.2) is 0 Å². The van der Waals surface area contributed by atoms with E-state index in [1.807, 2.05) is 18.2 Å². The monoisotopic (exact) mass is 528 g/mol. The number of anilines is 2. The van der Waals surface area contributed by atoms with Crippen LogP contribution in [0.15, 0.2) is 54.6 Å². The van der Waals surface area contributed by atoms with Crippen LogP contribution in [0.3, 0.4) is 0 Å². The molecule has 3 N–H and O–H groups in total. The summed E-state index contributed by atoms with van der Waals surface area (Å²) < 4.78 is 0. The number of amides is 2. The molecule has 0 aliphatic carbocycles. The number of aromatic hydroxyl groups is 1. The van der Waals surface area contributed by atoms with Gasteiger partial charge in [0.1, 0.15) is 5.75 Å². The van der Waals surface area contributed by atoms with E-state index in [9.17, 15) is 9.90 Å². The van der Waals surface area contributed by atoms with Gasteiger partial charge >= 0.3 is 6.03 Å². The Morgan fingerprint density at radius 1 is 0.744 bits per heavy atom. The van der Waals surface area contributed by atoms with E-state index in [2.05, 4.69) is 116 Å². The van der Waals surface area contributed by atoms with Crippen molar-refractivity contribution < 1.29 is 9.90 Å². The topological polar surface area (TPSA) is 61.4 Å². The lowest BCUT2D eigenvalue weighted by Crippen LogP contribution is -2.22. The molecule has 0 heterocycles. The molecule has 4 heteroatoms. The van der Waals surface area contributed by atoms with E-state index in [4.69, 9.17) is 0 Å². The molecule has 0 saturated heterocycles. The highest BCUT2D eigenvalue weighted by molar-refractivity contribution is 6.01. The Kier molecular flexibility index (Phi) is 9.20. The summed E-state index contributed by atoms with van der Waals surface area (Å²) in [5.74, 6) is 1.00. The number of phenolic OH excluding ortho intramolecular Hbond substituents is 1. The van der Waals surface area contributed by atoms with E-state index in [0.29, 0.717) is 17.6 Å². The van der Waals surface area contributed by atoms with E-state index in [1.54, 1.807) is 0 Å². The Bertz CT molecular complexity index is 1250. The van der Waals surface area contributed by atoms with Crippen LogP contribution in [0.5, 0.6) is 5.75 Å². The molecule has 3 aromatic rings. The van der Waals surface area contributed by atoms with E-state index in [0.717, 1.165) is 52.0 Å². The van der Waals surface area contributed by atoms with Crippen LogP contribution in [0.1, 0.15) is 114 Å². The average molecular weight is 529 g/mol. The molecule has 39 heavy (non-hydrogen) atoms. The van der Waals surface area contributed by atoms with Gasteiger partial charge in [0, 0.05) is 11.4 Å². The first-order valence-electron chi connectivity index (χ1n) is 14.2. The average Bonchev–Trinajstić information content (AvgIpc) is 2.82. The molecule has 0 aliphatic rings. The van der Waals surface area contributed by atoms with Crippen LogP contribution < -0.4 is 10.6 Å². The van der Waals surface area contributed by atoms with Crippen LogP contribution in [0.4, 0.5) is 16.2 Å². The third-order valence-electron chi connectivity index (χ3n) is 7.35. The summed E-state index contributed by atoms with van der Waals surface area (Å²) >= 11 is 0. The summed E-state index contributed by atoms with van der Waals surface area (Å²) in [6.07, 6.45) is 1.58. The predicted octanol–water partition coefficient (Wildman–Crippen LogP) is 9.66. The highest BCUT2D eigenvalue weighted by Gasteiger charge is 2.26. The van der Waals surface area contributed by atoms with Crippen LogP contribution in [-0.2, 0) is 23.7 Å². The highest BCUT2D eigenvalue weighted by Crippen LogP contribution is 2.40. The van der Waals surface area contributed by atoms with Crippen molar-refractivity contribution in [1.29, 1.82) is 0 Å². The van der Waals surface area contributed by atoms with Crippen LogP contribution in [0.25, 0.3) is 0 Å². The second-order valence-electron chi connectivity index (χ2n) is 13.4. The fourth-order valence-electron chi connectivity index (χ4n) is 5.08. The van der Waals surface area contributed by atoms with Gasteiger partial charge in [-0.2, -0.15) is 0 Å². The molecule has 3 rings (SSSR count). The van der Waals surface area contributed by atoms with Crippen molar-refractivity contribution in [3.63, 3.8) is 0 Å². The minimum atomic E-state index is -0.230. The molecule has 0 fully saturated rings. The zero-order chi connectivity index (χ0) is 29.1. The lowest BCUT2D eigenvalue weighted by Gasteiger charge is -2.28. The molecular formula is C35H48N2O2. The number of urea groups is 1. The standard InChI is InChI=1S/C35H48N2O2/c1-22(2)26-15-13-16-27(23(3)4)31(26)37-33(39)36-30-17-12-11-14-25(30)19-18-24-20-28(34(5,6)7)32(38)29(21-24)35(8,9)10/h11-17,20-23,38H,18-19H2,1-10H3,(H2,36,37,39). The lowest BCUT2D eigenvalue weighted by atomic mass is 9.78. The van der Waals surface area contributed by atoms with E-state index in [1.165, 1.54) is 5.56 Å². The number of carbonyl (C=O) groups excluding carboxylic acids is 1. The zero-order valence-electron chi connectivity index (χ0n) is 25.6. The quantitative estimate of drug-likeness (QED) is 0.286. The Morgan fingerprint density at radius 3 is 1.74 bits per heavy atom. The molecule has 0 saturated carbocycles. The summed E-state index contributed by atoms with van der Waals surface area (Å²) in [6, 6.07) is 18.3. The second kappa shape index (κ2) is 11.9. The van der Waals surface area contributed by atoms with Gasteiger partial charge in [-0.25, -0.2) is 4.79 Å². The van der Waals surface area contributed by atoms with E-state index < -0.39 is 0 Å². The summed E-state index contributed by atoms with van der Waals surface area (Å²) in [7, 11) is 0. The van der Waals surface area contributed by atoms with Gasteiger partial charge in [0.2, 0.25) is 0 Å². The smallest absolute Gasteiger partial charge is 0.323 e. The van der Waals surface area contributed by atoms with Crippen LogP contribution >= 0.6 is 0 Å². The van der Waals surface area contributed by atoms with Crippen LogP contribution in [-0.4, -0.2) is 11.1 Å². The molecule has 3 aromatic carbocycles. The SMILES string of the molecule is CC(C)c1cccc(C(C)C)c1NC(=O)Nc1ccccc1CCc1cc(C(C)(C)C)c(O)c(C(C)(C)C)c1. The third-order valence-corrected chi connectivity index (χ3v) is 7.35. The number of phenols is 1. The van der Waals surface area contributed by atoms with Gasteiger partial charge in [-0.3, -0.25) is 0 Å². The third kappa shape index (κ3) is 7.44. The molecule has 0 aromatic heterocycles. The number of hydrogen-bond donors (Lipinski definition) is 3. The molecule has 0 spiro atoms. The summed E-state index contributed by atoms with van der Waals surface area (Å²) in [5, 5.41) is 17.4. The molecule has 0 radical (unpaired) electrons. The van der Waals surface area contributed by atoms with Crippen molar-refractivity contribution in [2.24, 2.45) is 0 Å². The van der Waals surface area contributed by atoms with Crippen molar-refractivity contribution in [1.82, 2.24) is 0 Å². The van der Waals surface area contributed by atoms with Crippen molar-refractivity contribution >= 4 is 17.4 Å². The highest BCUT2D eigenvalue weighted by atomic mass is 16.3. The van der Waals surface area contributed by atoms with Crippen LogP contribution in [0.2, 0.25) is 0 Å². The van der Waals surface area contributed by atoms with Gasteiger partial charge in [-0.15, -0.1) is 0 Å². The summed E-state index contributed by atoms with van der Waals surface area (Å²) in [5.41, 5.74) is 7.88. The van der Waals surface area contributed by atoms with Crippen molar-refractivity contribution in [2.45, 2.75) is 105 Å². The molecule has 4 nitrogen and oxygen atoms in total. The normalized spacial score (nSPS) is 12.2. The minimum Gasteiger partial charge on any atom is -0.507 e. The maximum atomic E-state index is 13.3. The minimum absolute atomic E-state index is 0.168. The van der Waals surface area contributed by atoms with Crippen molar-refractivity contribution in [3.8, 4) is 5.75 Å². The number of rotatable bonds is 7. The number of benzene rings is 3. The maximum absolute atomic E-state index is 13.3. The van der Waals surface area contributed by atoms with Gasteiger partial charge < -0.3 is 15.7 Å². The Balaban J connectivity index is 1.86. The fourth-order valence-corrected chi connectivity index (χ4v) is 5.08. The van der Waals surface area contributed by atoms with Crippen LogP contribution in [0, 0.1) is 0 Å². The van der Waals surface area contributed by atoms with Crippen molar-refractivity contribution in [3.05, 3.63) is 88.0 Å². The van der Waals surface area contributed by atoms with Crippen molar-refractivity contribution in [2.75, 3.05) is 10.6 Å². The van der Waals surface area contributed by atoms with Gasteiger partial charge in [0.25, 0.3) is 0 Å². The molecule has 0 unspecified atom stereocenters. The molecule has 0 atom stereocenters. The summed E-state index contributed by atoms with van der Waals surface area (Å²) in [4.78, 5) is 13.3. The first kappa shape index (κ1) is 30.3. The number of aryl methyl sites for hydroxylation is 2. The Labute approximate surface area is 236 Å². The number of hydrogen-bond acceptors (Lipinski definition) is 2. The predicted molar refractivity (Wildman–Crippen MR) is 167 cm³/mol. The number of nitrogens with one attached hydrogen (secondary N) is 2. The Morgan fingerprint density at radius 2 is 1.26 bits per heavy atom. The molecule has 0 aliphatic heterocycles. The van der Waals surface area contributed by atoms with Gasteiger partial charge in [0.05, 0.1) is 0 Å². The lowest BCUT2D eigenvalue weighted by molar-refractivity contribution is 0.262. The maximum Gasteiger partial charge on any atom is 0.323 e. The molecule has 2 amide bonds. The van der Waals surface area contributed by atoms with Gasteiger partial charge in [-0.1, -0.05) is 118 Å². The Hall–Kier alpha value is -3.27. The molecule has 0 bridgehead atoms. The fraction of sp³-hybridized carbons (Fsp3) is 0.457. The first-order valence-corrected chi connectivity index (χ1v) is 14.2. The number of para-hydroxylation sites is 2.